The second-order valence-electron chi connectivity index (χ2n) is 3.43. The second-order valence-corrected chi connectivity index (χ2v) is 3.43. The number of aliphatic hydroxyl groups is 1. The van der Waals surface area contributed by atoms with Crippen molar-refractivity contribution in [2.45, 2.75) is 31.9 Å². The number of aliphatic hydroxyl groups excluding tert-OH is 1. The van der Waals surface area contributed by atoms with Crippen molar-refractivity contribution in [3.8, 4) is 0 Å². The fraction of sp³-hybridized carbons (Fsp3) is 0.455. The summed E-state index contributed by atoms with van der Waals surface area (Å²) < 4.78 is 0. The summed E-state index contributed by atoms with van der Waals surface area (Å²) in [6.45, 7) is 1.73. The molecule has 0 fully saturated rings. The fourth-order valence-corrected chi connectivity index (χ4v) is 1.22. The van der Waals surface area contributed by atoms with Crippen LogP contribution in [0.25, 0.3) is 0 Å². The molecule has 2 atom stereocenters. The smallest absolute Gasteiger partial charge is 0.0663 e. The van der Waals surface area contributed by atoms with Crippen molar-refractivity contribution in [2.75, 3.05) is 0 Å². The quantitative estimate of drug-likeness (QED) is 0.732. The minimum atomic E-state index is -0.413. The summed E-state index contributed by atoms with van der Waals surface area (Å²) in [7, 11) is 0. The first-order chi connectivity index (χ1) is 6.20. The van der Waals surface area contributed by atoms with Gasteiger partial charge in [0, 0.05) is 6.04 Å². The monoisotopic (exact) mass is 179 g/mol. The fourth-order valence-electron chi connectivity index (χ4n) is 1.22. The average Bonchev–Trinajstić information content (AvgIpc) is 2.15. The molecule has 2 nitrogen and oxygen atoms in total. The maximum Gasteiger partial charge on any atom is 0.0663 e. The van der Waals surface area contributed by atoms with Crippen LogP contribution >= 0.6 is 0 Å². The van der Waals surface area contributed by atoms with E-state index in [2.05, 4.69) is 12.1 Å². The Hall–Kier alpha value is -0.860. The molecular formula is C11H17NO. The molecule has 1 unspecified atom stereocenters. The predicted octanol–water partition coefficient (Wildman–Crippen LogP) is 1.33. The van der Waals surface area contributed by atoms with E-state index >= 15 is 0 Å². The summed E-state index contributed by atoms with van der Waals surface area (Å²) in [5.74, 6) is 0. The van der Waals surface area contributed by atoms with E-state index in [0.717, 1.165) is 12.8 Å². The molecule has 0 heterocycles. The van der Waals surface area contributed by atoms with Crippen LogP contribution in [0.1, 0.15) is 18.9 Å². The summed E-state index contributed by atoms with van der Waals surface area (Å²) in [6, 6.07) is 10.1. The Balaban J connectivity index is 2.35. The van der Waals surface area contributed by atoms with E-state index in [-0.39, 0.29) is 6.04 Å². The highest BCUT2D eigenvalue weighted by Gasteiger charge is 2.08. The van der Waals surface area contributed by atoms with E-state index in [1.165, 1.54) is 5.56 Å². The molecule has 0 aliphatic carbocycles. The van der Waals surface area contributed by atoms with Gasteiger partial charge in [0.2, 0.25) is 0 Å². The molecule has 0 aliphatic heterocycles. The molecule has 0 saturated carbocycles. The Morgan fingerprint density at radius 1 is 1.31 bits per heavy atom. The number of aryl methyl sites for hydroxylation is 1. The van der Waals surface area contributed by atoms with Gasteiger partial charge in [-0.25, -0.2) is 0 Å². The maximum absolute atomic E-state index is 9.17. The number of hydrogen-bond acceptors (Lipinski definition) is 2. The van der Waals surface area contributed by atoms with Crippen molar-refractivity contribution in [3.05, 3.63) is 35.9 Å². The number of nitrogens with two attached hydrogens (primary N) is 1. The Morgan fingerprint density at radius 3 is 2.46 bits per heavy atom. The third kappa shape index (κ3) is 3.57. The molecule has 3 N–H and O–H groups in total. The van der Waals surface area contributed by atoms with Gasteiger partial charge in [0.1, 0.15) is 0 Å². The van der Waals surface area contributed by atoms with E-state index in [1.54, 1.807) is 6.92 Å². The summed E-state index contributed by atoms with van der Waals surface area (Å²) >= 11 is 0. The number of benzene rings is 1. The van der Waals surface area contributed by atoms with Gasteiger partial charge in [-0.2, -0.15) is 0 Å². The molecule has 1 aromatic carbocycles. The molecule has 0 spiro atoms. The minimum absolute atomic E-state index is 0.111. The molecule has 13 heavy (non-hydrogen) atoms. The van der Waals surface area contributed by atoms with Crippen LogP contribution in [0.4, 0.5) is 0 Å². The van der Waals surface area contributed by atoms with Gasteiger partial charge in [-0.15, -0.1) is 0 Å². The summed E-state index contributed by atoms with van der Waals surface area (Å²) in [6.07, 6.45) is 1.36. The molecule has 72 valence electrons. The highest BCUT2D eigenvalue weighted by atomic mass is 16.3. The summed E-state index contributed by atoms with van der Waals surface area (Å²) in [4.78, 5) is 0. The highest BCUT2D eigenvalue weighted by molar-refractivity contribution is 5.14. The minimum Gasteiger partial charge on any atom is -0.392 e. The highest BCUT2D eigenvalue weighted by Crippen LogP contribution is 2.05. The van der Waals surface area contributed by atoms with Gasteiger partial charge in [-0.05, 0) is 25.3 Å². The first-order valence-electron chi connectivity index (χ1n) is 4.67. The van der Waals surface area contributed by atoms with E-state index < -0.39 is 6.10 Å². The molecular weight excluding hydrogens is 162 g/mol. The zero-order chi connectivity index (χ0) is 9.68. The van der Waals surface area contributed by atoms with Crippen LogP contribution in [0.2, 0.25) is 0 Å². The van der Waals surface area contributed by atoms with Gasteiger partial charge >= 0.3 is 0 Å². The summed E-state index contributed by atoms with van der Waals surface area (Å²) in [5, 5.41) is 9.17. The van der Waals surface area contributed by atoms with E-state index in [1.807, 2.05) is 18.2 Å². The normalized spacial score (nSPS) is 15.3. The van der Waals surface area contributed by atoms with Crippen molar-refractivity contribution < 1.29 is 5.11 Å². The average molecular weight is 179 g/mol. The van der Waals surface area contributed by atoms with Gasteiger partial charge in [-0.1, -0.05) is 30.3 Å². The number of hydrogen-bond donors (Lipinski definition) is 2. The van der Waals surface area contributed by atoms with Crippen molar-refractivity contribution >= 4 is 0 Å². The lowest BCUT2D eigenvalue weighted by Gasteiger charge is -2.13. The predicted molar refractivity (Wildman–Crippen MR) is 54.4 cm³/mol. The van der Waals surface area contributed by atoms with Gasteiger partial charge in [0.15, 0.2) is 0 Å². The Labute approximate surface area is 79.4 Å². The maximum atomic E-state index is 9.17. The SMILES string of the molecule is CC(O)[C@H](N)CCc1ccccc1. The third-order valence-corrected chi connectivity index (χ3v) is 2.23. The van der Waals surface area contributed by atoms with Gasteiger partial charge in [-0.3, -0.25) is 0 Å². The van der Waals surface area contributed by atoms with Crippen LogP contribution < -0.4 is 5.73 Å². The van der Waals surface area contributed by atoms with Crippen molar-refractivity contribution in [1.82, 2.24) is 0 Å². The second kappa shape index (κ2) is 5.00. The Kier molecular flexibility index (Phi) is 3.93. The van der Waals surface area contributed by atoms with Gasteiger partial charge < -0.3 is 10.8 Å². The Bertz CT molecular complexity index is 233. The van der Waals surface area contributed by atoms with Gasteiger partial charge in [0.25, 0.3) is 0 Å². The van der Waals surface area contributed by atoms with E-state index in [0.29, 0.717) is 0 Å². The van der Waals surface area contributed by atoms with Crippen molar-refractivity contribution in [2.24, 2.45) is 5.73 Å². The first-order valence-corrected chi connectivity index (χ1v) is 4.67. The molecule has 0 bridgehead atoms. The largest absolute Gasteiger partial charge is 0.392 e. The van der Waals surface area contributed by atoms with Crippen LogP contribution in [0.3, 0.4) is 0 Å². The number of rotatable bonds is 4. The zero-order valence-corrected chi connectivity index (χ0v) is 7.98. The topological polar surface area (TPSA) is 46.2 Å². The summed E-state index contributed by atoms with van der Waals surface area (Å²) in [5.41, 5.74) is 6.99. The molecule has 0 saturated heterocycles. The molecule has 2 heteroatoms. The Morgan fingerprint density at radius 2 is 1.92 bits per heavy atom. The molecule has 0 amide bonds. The third-order valence-electron chi connectivity index (χ3n) is 2.23. The van der Waals surface area contributed by atoms with E-state index in [4.69, 9.17) is 5.73 Å². The molecule has 1 aromatic rings. The molecule has 0 aliphatic rings. The lowest BCUT2D eigenvalue weighted by Crippen LogP contribution is -2.32. The molecule has 1 rings (SSSR count). The van der Waals surface area contributed by atoms with Crippen LogP contribution in [0.15, 0.2) is 30.3 Å². The van der Waals surface area contributed by atoms with Gasteiger partial charge in [0.05, 0.1) is 6.10 Å². The standard InChI is InChI=1S/C11H17NO/c1-9(13)11(12)8-7-10-5-3-2-4-6-10/h2-6,9,11,13H,7-8,12H2,1H3/t9?,11-/m1/s1. The molecule has 0 aromatic heterocycles. The zero-order valence-electron chi connectivity index (χ0n) is 7.98. The van der Waals surface area contributed by atoms with Crippen LogP contribution in [0, 0.1) is 0 Å². The van der Waals surface area contributed by atoms with Crippen LogP contribution in [-0.2, 0) is 6.42 Å². The van der Waals surface area contributed by atoms with E-state index in [9.17, 15) is 5.11 Å². The lowest BCUT2D eigenvalue weighted by atomic mass is 10.0. The van der Waals surface area contributed by atoms with Crippen LogP contribution in [0.5, 0.6) is 0 Å². The van der Waals surface area contributed by atoms with Crippen LogP contribution in [-0.4, -0.2) is 17.3 Å². The lowest BCUT2D eigenvalue weighted by molar-refractivity contribution is 0.159. The van der Waals surface area contributed by atoms with Crippen molar-refractivity contribution in [1.29, 1.82) is 0 Å². The molecule has 0 radical (unpaired) electrons. The first kappa shape index (κ1) is 10.2. The van der Waals surface area contributed by atoms with Crippen molar-refractivity contribution in [3.63, 3.8) is 0 Å².